The van der Waals surface area contributed by atoms with E-state index in [2.05, 4.69) is 138 Å². The number of nitrogens with zero attached hydrogens (tertiary/aromatic N) is 1. The first kappa shape index (κ1) is 24.4. The third-order valence-corrected chi connectivity index (χ3v) is 9.18. The molecule has 210 valence electrons. The first-order valence-electron chi connectivity index (χ1n) is 15.3. The average molecular weight is 576 g/mol. The predicted octanol–water partition coefficient (Wildman–Crippen LogP) is 11.9. The van der Waals surface area contributed by atoms with Gasteiger partial charge in [0.2, 0.25) is 0 Å². The van der Waals surface area contributed by atoms with Gasteiger partial charge in [-0.05, 0) is 71.3 Å². The van der Waals surface area contributed by atoms with E-state index in [1.807, 2.05) is 18.2 Å². The molecule has 0 saturated carbocycles. The second kappa shape index (κ2) is 9.22. The molecule has 3 nitrogen and oxygen atoms in total. The Kier molecular flexibility index (Phi) is 5.00. The molecule has 0 unspecified atom stereocenters. The van der Waals surface area contributed by atoms with Crippen LogP contribution in [0.15, 0.2) is 160 Å². The van der Waals surface area contributed by atoms with Gasteiger partial charge in [-0.2, -0.15) is 0 Å². The quantitative estimate of drug-likeness (QED) is 0.210. The van der Waals surface area contributed by atoms with E-state index in [1.54, 1.807) is 0 Å². The largest absolute Gasteiger partial charge is 0.456 e. The Labute approximate surface area is 258 Å². The standard InChI is InChI=1S/C42H25NO2/c1-3-11-26(12-4-1)32-22-28(23-36-35-24-34-31-16-8-10-18-39(31)44-40(34)25-41(35)45-42(32)36)27-19-20-38-33(21-27)30-15-7-9-17-37(30)43(38)29-13-5-2-6-14-29/h1-25H. The molecule has 3 heterocycles. The summed E-state index contributed by atoms with van der Waals surface area (Å²) in [5, 5.41) is 6.87. The van der Waals surface area contributed by atoms with Crippen LogP contribution in [0.2, 0.25) is 0 Å². The lowest BCUT2D eigenvalue weighted by atomic mass is 9.95. The first-order valence-corrected chi connectivity index (χ1v) is 15.3. The minimum absolute atomic E-state index is 0.826. The molecule has 0 amide bonds. The number of rotatable bonds is 3. The van der Waals surface area contributed by atoms with Crippen molar-refractivity contribution in [2.75, 3.05) is 0 Å². The summed E-state index contributed by atoms with van der Waals surface area (Å²) in [6.45, 7) is 0. The van der Waals surface area contributed by atoms with Crippen molar-refractivity contribution in [2.45, 2.75) is 0 Å². The van der Waals surface area contributed by atoms with Gasteiger partial charge in [0.1, 0.15) is 22.3 Å². The fraction of sp³-hybridized carbons (Fsp3) is 0. The molecular weight excluding hydrogens is 550 g/mol. The molecule has 3 aromatic heterocycles. The van der Waals surface area contributed by atoms with Crippen molar-refractivity contribution in [2.24, 2.45) is 0 Å². The van der Waals surface area contributed by atoms with Crippen molar-refractivity contribution in [3.63, 3.8) is 0 Å². The van der Waals surface area contributed by atoms with E-state index in [9.17, 15) is 0 Å². The molecule has 0 spiro atoms. The predicted molar refractivity (Wildman–Crippen MR) is 186 cm³/mol. The van der Waals surface area contributed by atoms with Crippen LogP contribution >= 0.6 is 0 Å². The van der Waals surface area contributed by atoms with E-state index in [1.165, 1.54) is 27.4 Å². The third kappa shape index (κ3) is 3.58. The lowest BCUT2D eigenvalue weighted by Gasteiger charge is -2.10. The summed E-state index contributed by atoms with van der Waals surface area (Å²) < 4.78 is 15.2. The van der Waals surface area contributed by atoms with Crippen LogP contribution in [0.3, 0.4) is 0 Å². The zero-order valence-corrected chi connectivity index (χ0v) is 24.2. The van der Waals surface area contributed by atoms with Crippen LogP contribution < -0.4 is 0 Å². The summed E-state index contributed by atoms with van der Waals surface area (Å²) in [7, 11) is 0. The van der Waals surface area contributed by atoms with Crippen molar-refractivity contribution < 1.29 is 8.83 Å². The van der Waals surface area contributed by atoms with Gasteiger partial charge in [0.25, 0.3) is 0 Å². The van der Waals surface area contributed by atoms with Crippen LogP contribution in [0.5, 0.6) is 0 Å². The van der Waals surface area contributed by atoms with Crippen molar-refractivity contribution in [1.82, 2.24) is 4.57 Å². The van der Waals surface area contributed by atoms with Gasteiger partial charge in [-0.1, -0.05) is 91.0 Å². The summed E-state index contributed by atoms with van der Waals surface area (Å²) in [6, 6.07) is 53.7. The molecule has 0 fully saturated rings. The highest BCUT2D eigenvalue weighted by Gasteiger charge is 2.19. The summed E-state index contributed by atoms with van der Waals surface area (Å²) in [5.41, 5.74) is 11.5. The van der Waals surface area contributed by atoms with Crippen molar-refractivity contribution in [1.29, 1.82) is 0 Å². The van der Waals surface area contributed by atoms with Crippen LogP contribution in [-0.2, 0) is 0 Å². The van der Waals surface area contributed by atoms with Gasteiger partial charge in [-0.15, -0.1) is 0 Å². The molecular formula is C42H25NO2. The van der Waals surface area contributed by atoms with E-state index in [-0.39, 0.29) is 0 Å². The maximum Gasteiger partial charge on any atom is 0.143 e. The molecule has 10 rings (SSSR count). The summed E-state index contributed by atoms with van der Waals surface area (Å²) in [5.74, 6) is 0. The number of aromatic nitrogens is 1. The van der Waals surface area contributed by atoms with Gasteiger partial charge in [0.05, 0.1) is 11.0 Å². The summed E-state index contributed by atoms with van der Waals surface area (Å²) in [6.07, 6.45) is 0. The molecule has 7 aromatic carbocycles. The minimum atomic E-state index is 0.826. The second-order valence-corrected chi connectivity index (χ2v) is 11.7. The van der Waals surface area contributed by atoms with Crippen molar-refractivity contribution in [3.8, 4) is 27.9 Å². The van der Waals surface area contributed by atoms with Gasteiger partial charge < -0.3 is 13.4 Å². The highest BCUT2D eigenvalue weighted by molar-refractivity contribution is 6.18. The van der Waals surface area contributed by atoms with Crippen LogP contribution in [-0.4, -0.2) is 4.57 Å². The number of fused-ring (bicyclic) bond motifs is 9. The van der Waals surface area contributed by atoms with E-state index < -0.39 is 0 Å². The summed E-state index contributed by atoms with van der Waals surface area (Å²) in [4.78, 5) is 0. The average Bonchev–Trinajstić information content (AvgIpc) is 3.76. The van der Waals surface area contributed by atoms with E-state index >= 15 is 0 Å². The van der Waals surface area contributed by atoms with Crippen LogP contribution in [0.25, 0.3) is 93.6 Å². The first-order chi connectivity index (χ1) is 22.3. The molecule has 0 saturated heterocycles. The fourth-order valence-electron chi connectivity index (χ4n) is 7.10. The molecule has 45 heavy (non-hydrogen) atoms. The Balaban J connectivity index is 1.26. The highest BCUT2D eigenvalue weighted by Crippen LogP contribution is 2.43. The molecule has 0 aliphatic carbocycles. The minimum Gasteiger partial charge on any atom is -0.456 e. The number of benzene rings is 7. The monoisotopic (exact) mass is 575 g/mol. The normalized spacial score (nSPS) is 12.0. The lowest BCUT2D eigenvalue weighted by Crippen LogP contribution is -1.92. The molecule has 0 N–H and O–H groups in total. The Bertz CT molecular complexity index is 2740. The number of para-hydroxylation sites is 3. The SMILES string of the molecule is c1ccc(-c2cc(-c3ccc4c(c3)c3ccccc3n4-c3ccccc3)cc3c2oc2cc4oc5ccccc5c4cc23)cc1. The smallest absolute Gasteiger partial charge is 0.143 e. The molecule has 0 atom stereocenters. The number of hydrogen-bond acceptors (Lipinski definition) is 2. The number of furan rings is 2. The Morgan fingerprint density at radius 3 is 1.89 bits per heavy atom. The van der Waals surface area contributed by atoms with Gasteiger partial charge in [-0.25, -0.2) is 0 Å². The van der Waals surface area contributed by atoms with E-state index in [0.29, 0.717) is 0 Å². The van der Waals surface area contributed by atoms with Crippen LogP contribution in [0.4, 0.5) is 0 Å². The Morgan fingerprint density at radius 1 is 0.356 bits per heavy atom. The van der Waals surface area contributed by atoms with Gasteiger partial charge in [0.15, 0.2) is 0 Å². The molecule has 0 radical (unpaired) electrons. The maximum absolute atomic E-state index is 6.65. The Hall–Kier alpha value is -6.06. The third-order valence-electron chi connectivity index (χ3n) is 9.18. The molecule has 3 heteroatoms. The topological polar surface area (TPSA) is 31.2 Å². The van der Waals surface area contributed by atoms with Crippen LogP contribution in [0, 0.1) is 0 Å². The zero-order valence-electron chi connectivity index (χ0n) is 24.2. The van der Waals surface area contributed by atoms with Gasteiger partial charge in [0, 0.05) is 49.6 Å². The lowest BCUT2D eigenvalue weighted by molar-refractivity contribution is 0.656. The van der Waals surface area contributed by atoms with E-state index in [0.717, 1.165) is 66.3 Å². The zero-order chi connectivity index (χ0) is 29.5. The summed E-state index contributed by atoms with van der Waals surface area (Å²) >= 11 is 0. The number of hydrogen-bond donors (Lipinski definition) is 0. The maximum atomic E-state index is 6.65. The van der Waals surface area contributed by atoms with Crippen molar-refractivity contribution in [3.05, 3.63) is 152 Å². The second-order valence-electron chi connectivity index (χ2n) is 11.7. The Morgan fingerprint density at radius 2 is 1.02 bits per heavy atom. The highest BCUT2D eigenvalue weighted by atomic mass is 16.3. The fourth-order valence-corrected chi connectivity index (χ4v) is 7.10. The van der Waals surface area contributed by atoms with Gasteiger partial charge >= 0.3 is 0 Å². The molecule has 10 aromatic rings. The van der Waals surface area contributed by atoms with Crippen molar-refractivity contribution >= 4 is 65.7 Å². The molecule has 0 bridgehead atoms. The van der Waals surface area contributed by atoms with E-state index in [4.69, 9.17) is 8.83 Å². The molecule has 0 aliphatic rings. The van der Waals surface area contributed by atoms with Crippen LogP contribution in [0.1, 0.15) is 0 Å². The van der Waals surface area contributed by atoms with Gasteiger partial charge in [-0.3, -0.25) is 0 Å². The molecule has 0 aliphatic heterocycles.